The highest BCUT2D eigenvalue weighted by Gasteiger charge is 2.22. The number of amides is 1. The molecule has 0 bridgehead atoms. The molecule has 2 heterocycles. The Morgan fingerprint density at radius 3 is 2.32 bits per heavy atom. The Morgan fingerprint density at radius 2 is 1.71 bits per heavy atom. The number of benzene rings is 1. The molecule has 0 unspecified atom stereocenters. The largest absolute Gasteiger partial charge is 0.493 e. The van der Waals surface area contributed by atoms with Crippen molar-refractivity contribution in [1.29, 1.82) is 0 Å². The molecule has 2 N–H and O–H groups in total. The number of nitrogens with one attached hydrogen (secondary N) is 1. The van der Waals surface area contributed by atoms with Crippen molar-refractivity contribution in [2.45, 2.75) is 6.92 Å². The summed E-state index contributed by atoms with van der Waals surface area (Å²) in [5.41, 5.74) is 1.17. The van der Waals surface area contributed by atoms with Crippen LogP contribution in [0.25, 0.3) is 5.65 Å². The van der Waals surface area contributed by atoms with Crippen LogP contribution in [-0.4, -0.2) is 47.7 Å². The number of hydrogen-bond acceptors (Lipinski definition) is 6. The Bertz CT molecular complexity index is 1070. The fourth-order valence-corrected chi connectivity index (χ4v) is 2.93. The predicted molar refractivity (Wildman–Crippen MR) is 101 cm³/mol. The Labute approximate surface area is 160 Å². The average Bonchev–Trinajstić information content (AvgIpc) is 3.03. The van der Waals surface area contributed by atoms with Gasteiger partial charge >= 0.3 is 5.97 Å². The van der Waals surface area contributed by atoms with Gasteiger partial charge in [-0.3, -0.25) is 9.20 Å². The number of anilines is 1. The van der Waals surface area contributed by atoms with E-state index in [1.54, 1.807) is 29.7 Å². The molecule has 28 heavy (non-hydrogen) atoms. The number of ether oxygens (including phenoxy) is 3. The van der Waals surface area contributed by atoms with Gasteiger partial charge in [-0.25, -0.2) is 9.78 Å². The molecule has 9 nitrogen and oxygen atoms in total. The van der Waals surface area contributed by atoms with Crippen LogP contribution < -0.4 is 19.5 Å². The number of rotatable bonds is 6. The fourth-order valence-electron chi connectivity index (χ4n) is 2.93. The first-order valence-corrected chi connectivity index (χ1v) is 8.23. The number of nitrogens with zero attached hydrogens (tertiary/aromatic N) is 2. The summed E-state index contributed by atoms with van der Waals surface area (Å²) in [5, 5.41) is 12.1. The normalized spacial score (nSPS) is 10.6. The molecule has 146 valence electrons. The van der Waals surface area contributed by atoms with E-state index in [0.29, 0.717) is 22.8 Å². The van der Waals surface area contributed by atoms with Gasteiger partial charge in [0.25, 0.3) is 5.91 Å². The first-order chi connectivity index (χ1) is 13.4. The summed E-state index contributed by atoms with van der Waals surface area (Å²) in [6, 6.07) is 6.16. The van der Waals surface area contributed by atoms with Crippen molar-refractivity contribution in [3.05, 3.63) is 47.4 Å². The molecule has 0 atom stereocenters. The van der Waals surface area contributed by atoms with Gasteiger partial charge in [-0.1, -0.05) is 0 Å². The number of hydrogen-bond donors (Lipinski definition) is 2. The van der Waals surface area contributed by atoms with Crippen LogP contribution in [-0.2, 0) is 0 Å². The van der Waals surface area contributed by atoms with E-state index in [-0.39, 0.29) is 22.7 Å². The summed E-state index contributed by atoms with van der Waals surface area (Å²) >= 11 is 0. The van der Waals surface area contributed by atoms with Crippen molar-refractivity contribution in [1.82, 2.24) is 9.38 Å². The van der Waals surface area contributed by atoms with Crippen LogP contribution in [0, 0.1) is 6.92 Å². The van der Waals surface area contributed by atoms with Crippen LogP contribution in [0.5, 0.6) is 17.2 Å². The third kappa shape index (κ3) is 3.18. The van der Waals surface area contributed by atoms with Gasteiger partial charge in [0.05, 0.1) is 38.3 Å². The van der Waals surface area contributed by atoms with Gasteiger partial charge in [0.1, 0.15) is 5.69 Å². The van der Waals surface area contributed by atoms with E-state index in [1.165, 1.54) is 33.5 Å². The lowest BCUT2D eigenvalue weighted by Crippen LogP contribution is -2.18. The Morgan fingerprint density at radius 1 is 1.07 bits per heavy atom. The van der Waals surface area contributed by atoms with Crippen LogP contribution >= 0.6 is 0 Å². The molecule has 0 aliphatic heterocycles. The third-order valence-corrected chi connectivity index (χ3v) is 4.23. The van der Waals surface area contributed by atoms with Crippen LogP contribution in [0.2, 0.25) is 0 Å². The number of aryl methyl sites for hydroxylation is 1. The zero-order valence-corrected chi connectivity index (χ0v) is 15.8. The van der Waals surface area contributed by atoms with Crippen molar-refractivity contribution < 1.29 is 28.9 Å². The lowest BCUT2D eigenvalue weighted by Gasteiger charge is -2.14. The molecule has 0 aliphatic carbocycles. The van der Waals surface area contributed by atoms with Gasteiger partial charge < -0.3 is 24.6 Å². The summed E-state index contributed by atoms with van der Waals surface area (Å²) in [6.45, 7) is 1.69. The van der Waals surface area contributed by atoms with Crippen molar-refractivity contribution in [2.24, 2.45) is 0 Å². The van der Waals surface area contributed by atoms with Crippen molar-refractivity contribution in [3.8, 4) is 17.2 Å². The first-order valence-electron chi connectivity index (χ1n) is 8.23. The lowest BCUT2D eigenvalue weighted by molar-refractivity contribution is 0.0697. The minimum atomic E-state index is -1.22. The number of carbonyl (C=O) groups is 2. The Kier molecular flexibility index (Phi) is 5.08. The summed E-state index contributed by atoms with van der Waals surface area (Å²) in [7, 11) is 4.34. The molecule has 0 aliphatic rings. The molecule has 0 saturated heterocycles. The van der Waals surface area contributed by atoms with E-state index < -0.39 is 11.9 Å². The van der Waals surface area contributed by atoms with E-state index in [4.69, 9.17) is 14.2 Å². The number of imidazole rings is 1. The highest BCUT2D eigenvalue weighted by atomic mass is 16.5. The average molecular weight is 385 g/mol. The smallest absolute Gasteiger partial charge is 0.337 e. The van der Waals surface area contributed by atoms with Crippen molar-refractivity contribution in [3.63, 3.8) is 0 Å². The van der Waals surface area contributed by atoms with Crippen molar-refractivity contribution in [2.75, 3.05) is 26.6 Å². The zero-order chi connectivity index (χ0) is 20.4. The number of pyridine rings is 1. The molecule has 9 heteroatoms. The topological polar surface area (TPSA) is 111 Å². The highest BCUT2D eigenvalue weighted by molar-refractivity contribution is 6.08. The van der Waals surface area contributed by atoms with Crippen LogP contribution in [0.3, 0.4) is 0 Å². The number of carbonyl (C=O) groups excluding carboxylic acids is 1. The number of carboxylic acid groups (broad SMARTS) is 1. The van der Waals surface area contributed by atoms with Crippen LogP contribution in [0.1, 0.15) is 26.5 Å². The molecule has 3 aromatic rings. The quantitative estimate of drug-likeness (QED) is 0.671. The number of fused-ring (bicyclic) bond motifs is 1. The van der Waals surface area contributed by atoms with E-state index >= 15 is 0 Å². The van der Waals surface area contributed by atoms with Crippen LogP contribution in [0.4, 0.5) is 5.69 Å². The molecule has 1 amide bonds. The maximum Gasteiger partial charge on any atom is 0.337 e. The van der Waals surface area contributed by atoms with Gasteiger partial charge in [-0.05, 0) is 19.1 Å². The van der Waals surface area contributed by atoms with E-state index in [9.17, 15) is 14.7 Å². The fraction of sp³-hybridized carbons (Fsp3) is 0.211. The second-order valence-corrected chi connectivity index (χ2v) is 5.83. The summed E-state index contributed by atoms with van der Waals surface area (Å²) in [4.78, 5) is 29.0. The number of aromatic carboxylic acids is 1. The molecule has 0 saturated carbocycles. The predicted octanol–water partition coefficient (Wildman–Crippen LogP) is 2.62. The number of carboxylic acids is 1. The maximum absolute atomic E-state index is 13.0. The van der Waals surface area contributed by atoms with E-state index in [1.807, 2.05) is 0 Å². The summed E-state index contributed by atoms with van der Waals surface area (Å²) < 4.78 is 17.2. The minimum absolute atomic E-state index is 0.0763. The highest BCUT2D eigenvalue weighted by Crippen LogP contribution is 2.34. The van der Waals surface area contributed by atoms with Gasteiger partial charge in [-0.15, -0.1) is 0 Å². The Hall–Kier alpha value is -3.75. The molecule has 1 aromatic carbocycles. The second kappa shape index (κ2) is 7.47. The number of methoxy groups -OCH3 is 3. The molecular formula is C19H19N3O6. The minimum Gasteiger partial charge on any atom is -0.493 e. The summed E-state index contributed by atoms with van der Waals surface area (Å²) in [5.74, 6) is -0.685. The summed E-state index contributed by atoms with van der Waals surface area (Å²) in [6.07, 6.45) is 1.68. The van der Waals surface area contributed by atoms with Gasteiger partial charge in [-0.2, -0.15) is 0 Å². The third-order valence-electron chi connectivity index (χ3n) is 4.23. The maximum atomic E-state index is 13.0. The van der Waals surface area contributed by atoms with Crippen molar-refractivity contribution >= 4 is 23.2 Å². The molecular weight excluding hydrogens is 366 g/mol. The van der Waals surface area contributed by atoms with Gasteiger partial charge in [0.15, 0.2) is 22.9 Å². The SMILES string of the molecule is COc1cc(NC(=O)c2c(C)nc3c(OC)cccn23)c(C(=O)O)cc1OC. The monoisotopic (exact) mass is 385 g/mol. The lowest BCUT2D eigenvalue weighted by atomic mass is 10.1. The molecule has 0 spiro atoms. The zero-order valence-electron chi connectivity index (χ0n) is 15.8. The van der Waals surface area contributed by atoms with Crippen LogP contribution in [0.15, 0.2) is 30.5 Å². The van der Waals surface area contributed by atoms with Gasteiger partial charge in [0.2, 0.25) is 0 Å². The molecule has 0 fully saturated rings. The molecule has 2 aromatic heterocycles. The Balaban J connectivity index is 2.08. The first kappa shape index (κ1) is 19.0. The van der Waals surface area contributed by atoms with Gasteiger partial charge in [0, 0.05) is 18.3 Å². The van der Waals surface area contributed by atoms with E-state index in [0.717, 1.165) is 0 Å². The number of aromatic nitrogens is 2. The standard InChI is InChI=1S/C19H19N3O6/c1-10-16(22-7-5-6-13(26-2)17(22)20-10)18(23)21-12-9-15(28-4)14(27-3)8-11(12)19(24)25/h5-9H,1-4H3,(H,21,23)(H,24,25). The van der Waals surface area contributed by atoms with E-state index in [2.05, 4.69) is 10.3 Å². The second-order valence-electron chi connectivity index (χ2n) is 5.83. The molecule has 3 rings (SSSR count). The molecule has 0 radical (unpaired) electrons.